The molecule has 23 heavy (non-hydrogen) atoms. The summed E-state index contributed by atoms with van der Waals surface area (Å²) in [5.74, 6) is 1.07. The van der Waals surface area contributed by atoms with Crippen molar-refractivity contribution >= 4 is 23.5 Å². The van der Waals surface area contributed by atoms with E-state index in [1.54, 1.807) is 29.2 Å². The molecule has 0 saturated carbocycles. The molecule has 116 valence electrons. The molecular weight excluding hydrogens is 314 g/mol. The molecule has 0 aliphatic rings. The summed E-state index contributed by atoms with van der Waals surface area (Å²) in [5.41, 5.74) is 0.863. The molecule has 0 radical (unpaired) electrons. The van der Waals surface area contributed by atoms with Crippen LogP contribution < -0.4 is 5.32 Å². The van der Waals surface area contributed by atoms with Crippen molar-refractivity contribution in [3.8, 4) is 5.82 Å². The Hall–Kier alpha value is -2.81. The van der Waals surface area contributed by atoms with E-state index in [9.17, 15) is 4.79 Å². The van der Waals surface area contributed by atoms with Crippen molar-refractivity contribution in [2.75, 3.05) is 11.1 Å². The number of carbonyl (C=O) groups is 1. The molecule has 0 aliphatic heterocycles. The number of hydrogen-bond donors (Lipinski definition) is 1. The van der Waals surface area contributed by atoms with Crippen molar-refractivity contribution in [1.82, 2.24) is 29.7 Å². The van der Waals surface area contributed by atoms with E-state index in [2.05, 4.69) is 30.4 Å². The highest BCUT2D eigenvalue weighted by atomic mass is 32.2. The molecule has 3 heterocycles. The van der Waals surface area contributed by atoms with Gasteiger partial charge in [-0.25, -0.2) is 24.6 Å². The minimum absolute atomic E-state index is 0.170. The van der Waals surface area contributed by atoms with Crippen LogP contribution in [0.3, 0.4) is 0 Å². The van der Waals surface area contributed by atoms with Gasteiger partial charge in [0.2, 0.25) is 5.91 Å². The van der Waals surface area contributed by atoms with Gasteiger partial charge in [0.25, 0.3) is 0 Å². The Kier molecular flexibility index (Phi) is 4.57. The van der Waals surface area contributed by atoms with Gasteiger partial charge in [0.15, 0.2) is 5.82 Å². The molecular formula is C14H13N7OS. The Bertz CT molecular complexity index is 806. The van der Waals surface area contributed by atoms with E-state index < -0.39 is 0 Å². The van der Waals surface area contributed by atoms with Gasteiger partial charge in [0, 0.05) is 24.2 Å². The van der Waals surface area contributed by atoms with Gasteiger partial charge in [-0.2, -0.15) is 5.10 Å². The highest BCUT2D eigenvalue weighted by Crippen LogP contribution is 2.15. The van der Waals surface area contributed by atoms with Gasteiger partial charge in [0.05, 0.1) is 5.75 Å². The Morgan fingerprint density at radius 2 is 2.09 bits per heavy atom. The number of rotatable bonds is 5. The molecule has 1 amide bonds. The average Bonchev–Trinajstić information content (AvgIpc) is 3.08. The number of anilines is 1. The molecule has 0 unspecified atom stereocenters. The highest BCUT2D eigenvalue weighted by Gasteiger charge is 2.07. The van der Waals surface area contributed by atoms with Gasteiger partial charge in [-0.3, -0.25) is 4.79 Å². The monoisotopic (exact) mass is 327 g/mol. The first-order valence-electron chi connectivity index (χ1n) is 6.74. The zero-order valence-corrected chi connectivity index (χ0v) is 13.1. The smallest absolute Gasteiger partial charge is 0.235 e. The van der Waals surface area contributed by atoms with E-state index in [1.807, 2.05) is 13.0 Å². The number of amides is 1. The molecule has 3 aromatic heterocycles. The summed E-state index contributed by atoms with van der Waals surface area (Å²) in [5, 5.41) is 7.58. The zero-order valence-electron chi connectivity index (χ0n) is 12.2. The normalized spacial score (nSPS) is 10.5. The number of carbonyl (C=O) groups excluding carboxylic acids is 1. The van der Waals surface area contributed by atoms with Crippen LogP contribution in [0, 0.1) is 6.92 Å². The number of thioether (sulfide) groups is 1. The third-order valence-electron chi connectivity index (χ3n) is 2.79. The maximum absolute atomic E-state index is 12.0. The van der Waals surface area contributed by atoms with Crippen molar-refractivity contribution in [2.45, 2.75) is 11.9 Å². The molecule has 1 N–H and O–H groups in total. The summed E-state index contributed by atoms with van der Waals surface area (Å²) in [6.45, 7) is 1.88. The van der Waals surface area contributed by atoms with Gasteiger partial charge in [-0.1, -0.05) is 11.8 Å². The third kappa shape index (κ3) is 4.10. The number of nitrogens with one attached hydrogen (secondary N) is 1. The lowest BCUT2D eigenvalue weighted by Gasteiger charge is -2.06. The van der Waals surface area contributed by atoms with Crippen LogP contribution in [0.5, 0.6) is 0 Å². The second-order valence-electron chi connectivity index (χ2n) is 4.55. The second-order valence-corrected chi connectivity index (χ2v) is 5.54. The Morgan fingerprint density at radius 3 is 2.87 bits per heavy atom. The van der Waals surface area contributed by atoms with Gasteiger partial charge in [0.1, 0.15) is 23.5 Å². The first kappa shape index (κ1) is 15.1. The lowest BCUT2D eigenvalue weighted by molar-refractivity contribution is -0.113. The highest BCUT2D eigenvalue weighted by molar-refractivity contribution is 7.99. The van der Waals surface area contributed by atoms with Crippen LogP contribution >= 0.6 is 11.8 Å². The van der Waals surface area contributed by atoms with Gasteiger partial charge in [-0.15, -0.1) is 0 Å². The van der Waals surface area contributed by atoms with Crippen LogP contribution in [-0.2, 0) is 4.79 Å². The molecule has 0 aliphatic carbocycles. The van der Waals surface area contributed by atoms with E-state index in [0.29, 0.717) is 11.6 Å². The van der Waals surface area contributed by atoms with Crippen LogP contribution in [0.2, 0.25) is 0 Å². The van der Waals surface area contributed by atoms with Crippen molar-refractivity contribution < 1.29 is 4.79 Å². The van der Waals surface area contributed by atoms with E-state index >= 15 is 0 Å². The molecule has 0 spiro atoms. The average molecular weight is 327 g/mol. The number of nitrogens with zero attached hydrogens (tertiary/aromatic N) is 6. The largest absolute Gasteiger partial charge is 0.310 e. The predicted molar refractivity (Wildman–Crippen MR) is 85.3 cm³/mol. The first-order chi connectivity index (χ1) is 11.2. The van der Waals surface area contributed by atoms with Crippen molar-refractivity contribution in [3.05, 3.63) is 48.9 Å². The molecule has 8 nitrogen and oxygen atoms in total. The fourth-order valence-corrected chi connectivity index (χ4v) is 2.50. The molecule has 3 aromatic rings. The maximum atomic E-state index is 12.0. The predicted octanol–water partition coefficient (Wildman–Crippen LogP) is 1.49. The van der Waals surface area contributed by atoms with Crippen LogP contribution in [0.25, 0.3) is 5.82 Å². The van der Waals surface area contributed by atoms with Gasteiger partial charge in [-0.05, 0) is 19.1 Å². The van der Waals surface area contributed by atoms with E-state index in [4.69, 9.17) is 0 Å². The quantitative estimate of drug-likeness (QED) is 0.560. The summed E-state index contributed by atoms with van der Waals surface area (Å²) in [4.78, 5) is 28.3. The Morgan fingerprint density at radius 1 is 1.22 bits per heavy atom. The summed E-state index contributed by atoms with van der Waals surface area (Å²) in [6, 6.07) is 5.28. The maximum Gasteiger partial charge on any atom is 0.235 e. The van der Waals surface area contributed by atoms with E-state index in [-0.39, 0.29) is 11.7 Å². The second kappa shape index (κ2) is 6.97. The lowest BCUT2D eigenvalue weighted by atomic mass is 10.5. The summed E-state index contributed by atoms with van der Waals surface area (Å²) in [7, 11) is 0. The molecule has 0 bridgehead atoms. The van der Waals surface area contributed by atoms with Crippen molar-refractivity contribution in [2.24, 2.45) is 0 Å². The van der Waals surface area contributed by atoms with Crippen LogP contribution in [0.4, 0.5) is 5.82 Å². The molecule has 0 atom stereocenters. The van der Waals surface area contributed by atoms with Gasteiger partial charge >= 0.3 is 0 Å². The standard InChI is InChI=1S/C14H13N7OS/c1-10-5-14(18-8-15-10)23-7-13(22)20-11-6-12(17-9-16-11)21-4-2-3-19-21/h2-6,8-9H,7H2,1H3,(H,16,17,20,22). The molecule has 0 fully saturated rings. The van der Waals surface area contributed by atoms with Crippen molar-refractivity contribution in [3.63, 3.8) is 0 Å². The summed E-state index contributed by atoms with van der Waals surface area (Å²) >= 11 is 1.34. The first-order valence-corrected chi connectivity index (χ1v) is 7.72. The zero-order chi connectivity index (χ0) is 16.1. The third-order valence-corrected chi connectivity index (χ3v) is 3.71. The molecule has 9 heteroatoms. The lowest BCUT2D eigenvalue weighted by Crippen LogP contribution is -2.15. The minimum Gasteiger partial charge on any atom is -0.310 e. The number of aromatic nitrogens is 6. The Balaban J connectivity index is 1.61. The fourth-order valence-electron chi connectivity index (χ4n) is 1.77. The van der Waals surface area contributed by atoms with E-state index in [0.717, 1.165) is 10.7 Å². The molecule has 0 saturated heterocycles. The van der Waals surface area contributed by atoms with Crippen LogP contribution in [0.1, 0.15) is 5.69 Å². The summed E-state index contributed by atoms with van der Waals surface area (Å²) in [6.07, 6.45) is 6.28. The van der Waals surface area contributed by atoms with E-state index in [1.165, 1.54) is 24.4 Å². The van der Waals surface area contributed by atoms with Crippen LogP contribution in [-0.4, -0.2) is 41.4 Å². The number of hydrogen-bond acceptors (Lipinski definition) is 7. The fraction of sp³-hybridized carbons (Fsp3) is 0.143. The minimum atomic E-state index is -0.170. The summed E-state index contributed by atoms with van der Waals surface area (Å²) < 4.78 is 1.59. The van der Waals surface area contributed by atoms with Gasteiger partial charge < -0.3 is 5.32 Å². The topological polar surface area (TPSA) is 98.5 Å². The number of aryl methyl sites for hydroxylation is 1. The molecule has 0 aromatic carbocycles. The SMILES string of the molecule is Cc1cc(SCC(=O)Nc2cc(-n3cccn3)ncn2)ncn1. The molecule has 3 rings (SSSR count). The van der Waals surface area contributed by atoms with Crippen molar-refractivity contribution in [1.29, 1.82) is 0 Å². The van der Waals surface area contributed by atoms with Crippen LogP contribution in [0.15, 0.2) is 48.3 Å². The Labute approximate surface area is 136 Å².